The summed E-state index contributed by atoms with van der Waals surface area (Å²) in [6, 6.07) is 78.1. The fraction of sp³-hybridized carbons (Fsp3) is 0. The third kappa shape index (κ3) is 6.01. The average Bonchev–Trinajstić information content (AvgIpc) is 3.91. The molecular formula is C59H36N4S. The van der Waals surface area contributed by atoms with E-state index in [1.807, 2.05) is 11.3 Å². The van der Waals surface area contributed by atoms with E-state index >= 15 is 0 Å². The molecule has 0 aliphatic heterocycles. The van der Waals surface area contributed by atoms with Crippen molar-refractivity contribution >= 4 is 74.9 Å². The Kier molecular flexibility index (Phi) is 8.36. The summed E-state index contributed by atoms with van der Waals surface area (Å²) in [5.41, 5.74) is 10.5. The normalized spacial score (nSPS) is 11.8. The molecule has 0 unspecified atom stereocenters. The maximum atomic E-state index is 5.42. The fourth-order valence-corrected chi connectivity index (χ4v) is 10.7. The van der Waals surface area contributed by atoms with Crippen molar-refractivity contribution in [1.82, 2.24) is 19.5 Å². The molecule has 3 aromatic heterocycles. The molecule has 0 atom stereocenters. The van der Waals surface area contributed by atoms with Crippen LogP contribution < -0.4 is 0 Å². The van der Waals surface area contributed by atoms with Gasteiger partial charge in [0.05, 0.1) is 16.7 Å². The van der Waals surface area contributed by atoms with Crippen LogP contribution in [0, 0.1) is 0 Å². The first-order valence-corrected chi connectivity index (χ1v) is 22.4. The van der Waals surface area contributed by atoms with Gasteiger partial charge in [0.15, 0.2) is 17.5 Å². The molecule has 10 aromatic carbocycles. The Balaban J connectivity index is 1.04. The van der Waals surface area contributed by atoms with Crippen LogP contribution in [-0.4, -0.2) is 19.5 Å². The Labute approximate surface area is 373 Å². The largest absolute Gasteiger partial charge is 0.308 e. The Bertz CT molecular complexity index is 3920. The summed E-state index contributed by atoms with van der Waals surface area (Å²) in [6.45, 7) is 0. The van der Waals surface area contributed by atoms with Gasteiger partial charge in [-0.2, -0.15) is 0 Å². The fourth-order valence-electron chi connectivity index (χ4n) is 9.55. The number of benzene rings is 10. The van der Waals surface area contributed by atoms with Gasteiger partial charge < -0.3 is 4.57 Å². The van der Waals surface area contributed by atoms with Crippen LogP contribution in [0.5, 0.6) is 0 Å². The third-order valence-corrected chi connectivity index (χ3v) is 13.8. The molecule has 4 nitrogen and oxygen atoms in total. The predicted octanol–water partition coefficient (Wildman–Crippen LogP) is 16.0. The van der Waals surface area contributed by atoms with E-state index in [1.54, 1.807) is 0 Å². The lowest BCUT2D eigenvalue weighted by Gasteiger charge is -2.16. The zero-order valence-electron chi connectivity index (χ0n) is 34.5. The first kappa shape index (κ1) is 36.4. The second kappa shape index (κ2) is 14.7. The Morgan fingerprint density at radius 2 is 0.828 bits per heavy atom. The standard InChI is InChI=1S/C59H36N4S/c1-2-13-37(14-3-1)40-28-32-51(54(35-40)63-52-22-9-6-19-47(52)48-20-7-10-23-53(48)63)59-61-57(60-58(62-59)44-29-30-46-42(34-44)26-25-38-15-4-5-18-45(38)46)43-17-12-16-39(33-43)41-27-31-50-49-21-8-11-24-55(49)64-56(50)36-41/h1-36H. The molecule has 13 rings (SSSR count). The van der Waals surface area contributed by atoms with Crippen LogP contribution in [0.3, 0.4) is 0 Å². The summed E-state index contributed by atoms with van der Waals surface area (Å²) in [6.07, 6.45) is 0. The maximum absolute atomic E-state index is 5.42. The zero-order valence-corrected chi connectivity index (χ0v) is 35.3. The predicted molar refractivity (Wildman–Crippen MR) is 269 cm³/mol. The number of para-hydroxylation sites is 2. The summed E-state index contributed by atoms with van der Waals surface area (Å²) in [4.78, 5) is 16.1. The van der Waals surface area contributed by atoms with Gasteiger partial charge in [-0.1, -0.05) is 170 Å². The highest BCUT2D eigenvalue weighted by Crippen LogP contribution is 2.40. The molecule has 0 radical (unpaired) electrons. The van der Waals surface area contributed by atoms with Gasteiger partial charge in [-0.3, -0.25) is 0 Å². The molecule has 0 aliphatic carbocycles. The zero-order chi connectivity index (χ0) is 42.1. The molecule has 5 heteroatoms. The maximum Gasteiger partial charge on any atom is 0.166 e. The van der Waals surface area contributed by atoms with Gasteiger partial charge in [0.1, 0.15) is 0 Å². The van der Waals surface area contributed by atoms with Crippen LogP contribution in [0.2, 0.25) is 0 Å². The van der Waals surface area contributed by atoms with Gasteiger partial charge in [-0.15, -0.1) is 11.3 Å². The minimum absolute atomic E-state index is 0.604. The van der Waals surface area contributed by atoms with Crippen molar-refractivity contribution in [2.75, 3.05) is 0 Å². The van der Waals surface area contributed by atoms with Gasteiger partial charge >= 0.3 is 0 Å². The topological polar surface area (TPSA) is 43.6 Å². The van der Waals surface area contributed by atoms with E-state index in [0.717, 1.165) is 61.1 Å². The van der Waals surface area contributed by atoms with Crippen molar-refractivity contribution in [3.8, 4) is 62.1 Å². The Morgan fingerprint density at radius 3 is 1.64 bits per heavy atom. The minimum Gasteiger partial charge on any atom is -0.308 e. The lowest BCUT2D eigenvalue weighted by atomic mass is 9.99. The number of rotatable bonds is 6. The van der Waals surface area contributed by atoms with Gasteiger partial charge in [0, 0.05) is 47.6 Å². The van der Waals surface area contributed by atoms with Crippen LogP contribution in [0.1, 0.15) is 0 Å². The monoisotopic (exact) mass is 832 g/mol. The summed E-state index contributed by atoms with van der Waals surface area (Å²) in [5.74, 6) is 1.84. The molecule has 0 N–H and O–H groups in total. The molecule has 0 amide bonds. The van der Waals surface area contributed by atoms with E-state index in [9.17, 15) is 0 Å². The van der Waals surface area contributed by atoms with Crippen LogP contribution in [0.25, 0.3) is 126 Å². The molecule has 0 bridgehead atoms. The lowest BCUT2D eigenvalue weighted by molar-refractivity contribution is 1.07. The molecule has 0 aliphatic rings. The highest BCUT2D eigenvalue weighted by molar-refractivity contribution is 7.25. The molecule has 13 aromatic rings. The first-order chi connectivity index (χ1) is 31.7. The summed E-state index contributed by atoms with van der Waals surface area (Å²) in [7, 11) is 0. The highest BCUT2D eigenvalue weighted by atomic mass is 32.1. The van der Waals surface area contributed by atoms with Crippen LogP contribution in [-0.2, 0) is 0 Å². The second-order valence-electron chi connectivity index (χ2n) is 16.4. The molecule has 64 heavy (non-hydrogen) atoms. The number of fused-ring (bicyclic) bond motifs is 9. The van der Waals surface area contributed by atoms with E-state index < -0.39 is 0 Å². The molecule has 0 spiro atoms. The Morgan fingerprint density at radius 1 is 0.297 bits per heavy atom. The molecule has 0 saturated carbocycles. The SMILES string of the molecule is c1ccc(-c2ccc(-c3nc(-c4cccc(-c5ccc6c(c5)sc5ccccc56)c4)nc(-c4ccc5c(ccc6ccccc65)c4)n3)c(-n3c4ccccc4c4ccccc43)c2)cc1. The average molecular weight is 833 g/mol. The summed E-state index contributed by atoms with van der Waals surface area (Å²) in [5, 5.41) is 9.75. The van der Waals surface area contributed by atoms with E-state index in [4.69, 9.17) is 15.0 Å². The number of nitrogens with zero attached hydrogens (tertiary/aromatic N) is 4. The molecule has 3 heterocycles. The van der Waals surface area contributed by atoms with E-state index in [-0.39, 0.29) is 0 Å². The van der Waals surface area contributed by atoms with Crippen molar-refractivity contribution in [2.45, 2.75) is 0 Å². The molecule has 0 fully saturated rings. The summed E-state index contributed by atoms with van der Waals surface area (Å²) >= 11 is 1.84. The smallest absolute Gasteiger partial charge is 0.166 e. The Hall–Kier alpha value is -8.25. The van der Waals surface area contributed by atoms with Gasteiger partial charge in [0.2, 0.25) is 0 Å². The van der Waals surface area contributed by atoms with Crippen molar-refractivity contribution < 1.29 is 0 Å². The van der Waals surface area contributed by atoms with Crippen molar-refractivity contribution in [2.24, 2.45) is 0 Å². The summed E-state index contributed by atoms with van der Waals surface area (Å²) < 4.78 is 4.95. The number of hydrogen-bond donors (Lipinski definition) is 0. The van der Waals surface area contributed by atoms with Crippen LogP contribution in [0.15, 0.2) is 218 Å². The number of hydrogen-bond acceptors (Lipinski definition) is 4. The van der Waals surface area contributed by atoms with Crippen molar-refractivity contribution in [3.63, 3.8) is 0 Å². The minimum atomic E-state index is 0.604. The third-order valence-electron chi connectivity index (χ3n) is 12.6. The van der Waals surface area contributed by atoms with Crippen molar-refractivity contribution in [1.29, 1.82) is 0 Å². The lowest BCUT2D eigenvalue weighted by Crippen LogP contribution is -2.04. The number of aromatic nitrogens is 4. The van der Waals surface area contributed by atoms with E-state index in [0.29, 0.717) is 17.5 Å². The highest BCUT2D eigenvalue weighted by Gasteiger charge is 2.21. The quantitative estimate of drug-likeness (QED) is 0.157. The van der Waals surface area contributed by atoms with Crippen molar-refractivity contribution in [3.05, 3.63) is 218 Å². The van der Waals surface area contributed by atoms with Crippen LogP contribution >= 0.6 is 11.3 Å². The van der Waals surface area contributed by atoms with E-state index in [2.05, 4.69) is 223 Å². The molecule has 298 valence electrons. The molecular weight excluding hydrogens is 797 g/mol. The van der Waals surface area contributed by atoms with Gasteiger partial charge in [-0.25, -0.2) is 15.0 Å². The van der Waals surface area contributed by atoms with Gasteiger partial charge in [-0.05, 0) is 92.3 Å². The van der Waals surface area contributed by atoms with Crippen LogP contribution in [0.4, 0.5) is 0 Å². The molecule has 0 saturated heterocycles. The first-order valence-electron chi connectivity index (χ1n) is 21.6. The van der Waals surface area contributed by atoms with E-state index in [1.165, 1.54) is 47.1 Å². The van der Waals surface area contributed by atoms with Gasteiger partial charge in [0.25, 0.3) is 0 Å². The second-order valence-corrected chi connectivity index (χ2v) is 17.5. The number of thiophene rings is 1.